The Hall–Kier alpha value is -1.89. The van der Waals surface area contributed by atoms with Gasteiger partial charge in [0.1, 0.15) is 5.56 Å². The first-order valence-electron chi connectivity index (χ1n) is 9.85. The number of rotatable bonds is 11. The molecule has 0 aliphatic carbocycles. The van der Waals surface area contributed by atoms with E-state index in [1.54, 1.807) is 25.3 Å². The number of ether oxygens (including phenoxy) is 1. The van der Waals surface area contributed by atoms with E-state index in [1.165, 1.54) is 0 Å². The summed E-state index contributed by atoms with van der Waals surface area (Å²) >= 11 is 6.09. The van der Waals surface area contributed by atoms with Crippen molar-refractivity contribution in [3.63, 3.8) is 0 Å². The molecule has 0 fully saturated rings. The normalized spacial score (nSPS) is 12.4. The van der Waals surface area contributed by atoms with Crippen LogP contribution >= 0.6 is 11.6 Å². The zero-order valence-corrected chi connectivity index (χ0v) is 17.6. The third-order valence-electron chi connectivity index (χ3n) is 4.69. The van der Waals surface area contributed by atoms with E-state index in [0.29, 0.717) is 23.7 Å². The van der Waals surface area contributed by atoms with Gasteiger partial charge in [-0.15, -0.1) is 0 Å². The second-order valence-corrected chi connectivity index (χ2v) is 7.21. The van der Waals surface area contributed by atoms with Crippen molar-refractivity contribution in [2.24, 2.45) is 0 Å². The highest BCUT2D eigenvalue weighted by Crippen LogP contribution is 2.29. The summed E-state index contributed by atoms with van der Waals surface area (Å²) in [4.78, 5) is 19.0. The van der Waals surface area contributed by atoms with E-state index in [0.717, 1.165) is 42.5 Å². The zero-order valence-electron chi connectivity index (χ0n) is 16.9. The highest BCUT2D eigenvalue weighted by Gasteiger charge is 2.18. The van der Waals surface area contributed by atoms with Gasteiger partial charge in [0, 0.05) is 29.2 Å². The number of hydrogen-bond donors (Lipinski definition) is 2. The highest BCUT2D eigenvalue weighted by molar-refractivity contribution is 6.31. The summed E-state index contributed by atoms with van der Waals surface area (Å²) in [5, 5.41) is 14.0. The molecule has 6 nitrogen and oxygen atoms in total. The lowest BCUT2D eigenvalue weighted by atomic mass is 10.1. The maximum absolute atomic E-state index is 12.4. The monoisotopic (exact) mass is 407 g/mol. The van der Waals surface area contributed by atoms with Crippen LogP contribution in [0.15, 0.2) is 24.4 Å². The fraction of sp³-hybridized carbons (Fsp3) is 0.524. The molecule has 0 amide bonds. The number of carbonyl (C=O) groups is 1. The van der Waals surface area contributed by atoms with E-state index >= 15 is 0 Å². The molecule has 0 saturated carbocycles. The van der Waals surface area contributed by atoms with E-state index in [2.05, 4.69) is 29.0 Å². The molecule has 0 bridgehead atoms. The number of anilines is 1. The van der Waals surface area contributed by atoms with Crippen LogP contribution in [-0.2, 0) is 4.74 Å². The Morgan fingerprint density at radius 1 is 1.36 bits per heavy atom. The number of carbonyl (C=O) groups excluding carboxylic acids is 1. The average Bonchev–Trinajstić information content (AvgIpc) is 2.67. The minimum Gasteiger partial charge on any atom is -0.462 e. The number of fused-ring (bicyclic) bond motifs is 1. The van der Waals surface area contributed by atoms with Gasteiger partial charge < -0.3 is 20.1 Å². The number of nitrogens with zero attached hydrogens (tertiary/aromatic N) is 2. The van der Waals surface area contributed by atoms with Gasteiger partial charge in [-0.25, -0.2) is 4.79 Å². The number of aliphatic hydroxyl groups excluding tert-OH is 1. The second kappa shape index (κ2) is 11.2. The second-order valence-electron chi connectivity index (χ2n) is 6.77. The Bertz CT molecular complexity index is 785. The molecule has 2 aromatic rings. The molecule has 0 aliphatic heterocycles. The molecule has 2 rings (SSSR count). The SMILES string of the molecule is CCOC(=O)c1cnc2cc(Cl)ccc2c1NC(C)CCCN(CC)CCO. The van der Waals surface area contributed by atoms with E-state index in [9.17, 15) is 4.79 Å². The minimum absolute atomic E-state index is 0.155. The van der Waals surface area contributed by atoms with Crippen LogP contribution in [0.3, 0.4) is 0 Å². The van der Waals surface area contributed by atoms with Crippen molar-refractivity contribution in [1.82, 2.24) is 9.88 Å². The van der Waals surface area contributed by atoms with Gasteiger partial charge in [-0.3, -0.25) is 4.98 Å². The fourth-order valence-electron chi connectivity index (χ4n) is 3.19. The third-order valence-corrected chi connectivity index (χ3v) is 4.93. The molecule has 0 saturated heterocycles. The lowest BCUT2D eigenvalue weighted by Gasteiger charge is -2.22. The van der Waals surface area contributed by atoms with Crippen LogP contribution in [0.5, 0.6) is 0 Å². The number of esters is 1. The van der Waals surface area contributed by atoms with Crippen LogP contribution in [-0.4, -0.2) is 59.8 Å². The molecule has 0 spiro atoms. The predicted molar refractivity (Wildman–Crippen MR) is 114 cm³/mol. The number of likely N-dealkylation sites (N-methyl/N-ethyl adjacent to an activating group) is 1. The Morgan fingerprint density at radius 2 is 2.14 bits per heavy atom. The summed E-state index contributed by atoms with van der Waals surface area (Å²) in [6.07, 6.45) is 3.47. The van der Waals surface area contributed by atoms with Crippen molar-refractivity contribution >= 4 is 34.2 Å². The summed E-state index contributed by atoms with van der Waals surface area (Å²) in [6.45, 7) is 9.01. The first-order chi connectivity index (χ1) is 13.5. The van der Waals surface area contributed by atoms with Crippen LogP contribution in [0.25, 0.3) is 10.9 Å². The lowest BCUT2D eigenvalue weighted by molar-refractivity contribution is 0.0527. The van der Waals surface area contributed by atoms with Crippen molar-refractivity contribution < 1.29 is 14.6 Å². The Balaban J connectivity index is 2.18. The summed E-state index contributed by atoms with van der Waals surface area (Å²) in [6, 6.07) is 5.62. The molecule has 2 N–H and O–H groups in total. The van der Waals surface area contributed by atoms with Crippen molar-refractivity contribution in [2.45, 2.75) is 39.7 Å². The van der Waals surface area contributed by atoms with E-state index in [1.807, 2.05) is 6.07 Å². The maximum Gasteiger partial charge on any atom is 0.341 e. The van der Waals surface area contributed by atoms with Crippen LogP contribution < -0.4 is 5.32 Å². The van der Waals surface area contributed by atoms with E-state index in [-0.39, 0.29) is 18.6 Å². The van der Waals surface area contributed by atoms with Gasteiger partial charge in [0.05, 0.1) is 24.4 Å². The van der Waals surface area contributed by atoms with Gasteiger partial charge in [0.25, 0.3) is 0 Å². The molecule has 7 heteroatoms. The standard InChI is InChI=1S/C21H30ClN3O3/c1-4-25(11-12-26)10-6-7-15(3)24-20-17-9-8-16(22)13-19(17)23-14-18(20)21(27)28-5-2/h8-9,13-15,26H,4-7,10-12H2,1-3H3,(H,23,24). The number of aromatic nitrogens is 1. The number of hydrogen-bond acceptors (Lipinski definition) is 6. The molecular formula is C21H30ClN3O3. The lowest BCUT2D eigenvalue weighted by Crippen LogP contribution is -2.29. The number of benzene rings is 1. The molecule has 1 aromatic carbocycles. The van der Waals surface area contributed by atoms with Crippen molar-refractivity contribution in [3.8, 4) is 0 Å². The molecule has 1 unspecified atom stereocenters. The molecule has 28 heavy (non-hydrogen) atoms. The Morgan fingerprint density at radius 3 is 2.82 bits per heavy atom. The molecule has 0 aliphatic rings. The van der Waals surface area contributed by atoms with Gasteiger partial charge in [0.2, 0.25) is 0 Å². The van der Waals surface area contributed by atoms with Gasteiger partial charge in [-0.05, 0) is 58.0 Å². The molecule has 1 aromatic heterocycles. The third kappa shape index (κ3) is 6.06. The first kappa shape index (κ1) is 22.4. The van der Waals surface area contributed by atoms with E-state index < -0.39 is 0 Å². The van der Waals surface area contributed by atoms with Crippen molar-refractivity contribution in [3.05, 3.63) is 35.0 Å². The molecular weight excluding hydrogens is 378 g/mol. The highest BCUT2D eigenvalue weighted by atomic mass is 35.5. The quantitative estimate of drug-likeness (QED) is 0.549. The number of halogens is 1. The van der Waals surface area contributed by atoms with Gasteiger partial charge in [0.15, 0.2) is 0 Å². The molecule has 154 valence electrons. The summed E-state index contributed by atoms with van der Waals surface area (Å²) in [5.74, 6) is -0.387. The molecule has 0 radical (unpaired) electrons. The smallest absolute Gasteiger partial charge is 0.341 e. The van der Waals surface area contributed by atoms with Gasteiger partial charge >= 0.3 is 5.97 Å². The largest absolute Gasteiger partial charge is 0.462 e. The van der Waals surface area contributed by atoms with Crippen LogP contribution in [0, 0.1) is 0 Å². The fourth-order valence-corrected chi connectivity index (χ4v) is 3.36. The van der Waals surface area contributed by atoms with Crippen molar-refractivity contribution in [2.75, 3.05) is 38.2 Å². The number of nitrogens with one attached hydrogen (secondary N) is 1. The first-order valence-corrected chi connectivity index (χ1v) is 10.2. The van der Waals surface area contributed by atoms with Crippen molar-refractivity contribution in [1.29, 1.82) is 0 Å². The predicted octanol–water partition coefficient (Wildman–Crippen LogP) is 3.96. The van der Waals surface area contributed by atoms with Crippen LogP contribution in [0.1, 0.15) is 44.0 Å². The molecule has 1 heterocycles. The average molecular weight is 408 g/mol. The minimum atomic E-state index is -0.387. The molecule has 1 atom stereocenters. The van der Waals surface area contributed by atoms with Crippen LogP contribution in [0.2, 0.25) is 5.02 Å². The maximum atomic E-state index is 12.4. The Kier molecular flexibility index (Phi) is 8.96. The number of pyridine rings is 1. The van der Waals surface area contributed by atoms with Gasteiger partial charge in [-0.1, -0.05) is 18.5 Å². The van der Waals surface area contributed by atoms with Crippen LogP contribution in [0.4, 0.5) is 5.69 Å². The Labute approximate surface area is 171 Å². The topological polar surface area (TPSA) is 74.7 Å². The summed E-state index contributed by atoms with van der Waals surface area (Å²) in [7, 11) is 0. The summed E-state index contributed by atoms with van der Waals surface area (Å²) in [5.41, 5.74) is 1.89. The van der Waals surface area contributed by atoms with E-state index in [4.69, 9.17) is 21.4 Å². The number of aliphatic hydroxyl groups is 1. The zero-order chi connectivity index (χ0) is 20.5. The van der Waals surface area contributed by atoms with Gasteiger partial charge in [-0.2, -0.15) is 0 Å². The summed E-state index contributed by atoms with van der Waals surface area (Å²) < 4.78 is 5.20.